The van der Waals surface area contributed by atoms with Gasteiger partial charge in [-0.3, -0.25) is 9.59 Å². The van der Waals surface area contributed by atoms with Gasteiger partial charge in [-0.25, -0.2) is 0 Å². The molecule has 0 saturated carbocycles. The molecule has 0 aliphatic rings. The first-order chi connectivity index (χ1) is 9.51. The van der Waals surface area contributed by atoms with Crippen molar-refractivity contribution in [3.8, 4) is 5.75 Å². The Hall–Kier alpha value is -1.88. The standard InChI is InChI=1S/C15H14BrNO3/c1-10-6-13(16)15(19)17(8-10)9-14(18)11-4-3-5-12(7-11)20-2/h3-8H,9H2,1-2H3. The third kappa shape index (κ3) is 3.17. The highest BCUT2D eigenvalue weighted by molar-refractivity contribution is 9.10. The number of ketones is 1. The van der Waals surface area contributed by atoms with Crippen LogP contribution in [0.4, 0.5) is 0 Å². The van der Waals surface area contributed by atoms with Crippen molar-refractivity contribution in [2.45, 2.75) is 13.5 Å². The highest BCUT2D eigenvalue weighted by Gasteiger charge is 2.10. The van der Waals surface area contributed by atoms with Crippen molar-refractivity contribution < 1.29 is 9.53 Å². The molecule has 0 atom stereocenters. The quantitative estimate of drug-likeness (QED) is 0.807. The molecule has 0 radical (unpaired) electrons. The van der Waals surface area contributed by atoms with Gasteiger partial charge in [-0.2, -0.15) is 0 Å². The summed E-state index contributed by atoms with van der Waals surface area (Å²) in [6.07, 6.45) is 1.67. The summed E-state index contributed by atoms with van der Waals surface area (Å²) >= 11 is 3.20. The fraction of sp³-hybridized carbons (Fsp3) is 0.200. The number of benzene rings is 1. The molecule has 0 fully saturated rings. The molecule has 4 nitrogen and oxygen atoms in total. The van der Waals surface area contributed by atoms with Gasteiger partial charge in [0.2, 0.25) is 0 Å². The van der Waals surface area contributed by atoms with Crippen LogP contribution in [-0.4, -0.2) is 17.5 Å². The van der Waals surface area contributed by atoms with Crippen LogP contribution in [-0.2, 0) is 6.54 Å². The summed E-state index contributed by atoms with van der Waals surface area (Å²) in [7, 11) is 1.55. The average molecular weight is 336 g/mol. The van der Waals surface area contributed by atoms with E-state index in [0.29, 0.717) is 15.8 Å². The lowest BCUT2D eigenvalue weighted by Gasteiger charge is -2.08. The van der Waals surface area contributed by atoms with Crippen LogP contribution >= 0.6 is 15.9 Å². The van der Waals surface area contributed by atoms with E-state index in [1.165, 1.54) is 4.57 Å². The molecule has 0 N–H and O–H groups in total. The maximum absolute atomic E-state index is 12.2. The highest BCUT2D eigenvalue weighted by atomic mass is 79.9. The zero-order valence-corrected chi connectivity index (χ0v) is 12.8. The Morgan fingerprint density at radius 2 is 2.10 bits per heavy atom. The zero-order chi connectivity index (χ0) is 14.7. The molecule has 5 heteroatoms. The van der Waals surface area contributed by atoms with E-state index in [9.17, 15) is 9.59 Å². The molecule has 0 unspecified atom stereocenters. The van der Waals surface area contributed by atoms with Gasteiger partial charge in [-0.15, -0.1) is 0 Å². The number of carbonyl (C=O) groups is 1. The topological polar surface area (TPSA) is 48.3 Å². The van der Waals surface area contributed by atoms with E-state index in [1.54, 1.807) is 43.6 Å². The van der Waals surface area contributed by atoms with Crippen LogP contribution in [0, 0.1) is 6.92 Å². The molecule has 0 amide bonds. The number of ether oxygens (including phenoxy) is 1. The second-order valence-corrected chi connectivity index (χ2v) is 5.31. The Kier molecular flexibility index (Phi) is 4.39. The maximum Gasteiger partial charge on any atom is 0.265 e. The Bertz CT molecular complexity index is 707. The number of hydrogen-bond acceptors (Lipinski definition) is 3. The second kappa shape index (κ2) is 6.05. The molecule has 104 valence electrons. The Balaban J connectivity index is 2.30. The number of Topliss-reactive ketones (excluding diaryl/α,β-unsaturated/α-hetero) is 1. The van der Waals surface area contributed by atoms with Crippen LogP contribution in [0.3, 0.4) is 0 Å². The summed E-state index contributed by atoms with van der Waals surface area (Å²) < 4.78 is 6.95. The van der Waals surface area contributed by atoms with Crippen LogP contribution in [0.1, 0.15) is 15.9 Å². The van der Waals surface area contributed by atoms with E-state index in [-0.39, 0.29) is 17.9 Å². The van der Waals surface area contributed by atoms with Crippen molar-refractivity contribution in [1.29, 1.82) is 0 Å². The number of rotatable bonds is 4. The van der Waals surface area contributed by atoms with Crippen molar-refractivity contribution in [3.05, 3.63) is 62.5 Å². The summed E-state index contributed by atoms with van der Waals surface area (Å²) in [5, 5.41) is 0. The molecule has 0 aliphatic carbocycles. The van der Waals surface area contributed by atoms with Crippen molar-refractivity contribution in [3.63, 3.8) is 0 Å². The minimum absolute atomic E-state index is 0.00623. The van der Waals surface area contributed by atoms with Crippen LogP contribution in [0.5, 0.6) is 5.75 Å². The normalized spacial score (nSPS) is 10.3. The lowest BCUT2D eigenvalue weighted by atomic mass is 10.1. The summed E-state index contributed by atoms with van der Waals surface area (Å²) in [4.78, 5) is 24.2. The second-order valence-electron chi connectivity index (χ2n) is 4.45. The first-order valence-electron chi connectivity index (χ1n) is 6.05. The number of carbonyl (C=O) groups excluding carboxylic acids is 1. The van der Waals surface area contributed by atoms with Gasteiger partial charge >= 0.3 is 0 Å². The smallest absolute Gasteiger partial charge is 0.265 e. The monoisotopic (exact) mass is 335 g/mol. The molecule has 1 aromatic carbocycles. The summed E-state index contributed by atoms with van der Waals surface area (Å²) in [5.74, 6) is 0.483. The maximum atomic E-state index is 12.2. The van der Waals surface area contributed by atoms with Gasteiger partial charge in [0.1, 0.15) is 5.75 Å². The molecule has 2 rings (SSSR count). The van der Waals surface area contributed by atoms with Crippen LogP contribution < -0.4 is 10.3 Å². The van der Waals surface area contributed by atoms with E-state index < -0.39 is 0 Å². The van der Waals surface area contributed by atoms with Crippen molar-refractivity contribution in [2.24, 2.45) is 0 Å². The number of hydrogen-bond donors (Lipinski definition) is 0. The molecule has 1 aromatic heterocycles. The van der Waals surface area contributed by atoms with Gasteiger partial charge in [0.05, 0.1) is 18.1 Å². The van der Waals surface area contributed by atoms with E-state index >= 15 is 0 Å². The summed E-state index contributed by atoms with van der Waals surface area (Å²) in [6.45, 7) is 1.88. The number of nitrogens with zero attached hydrogens (tertiary/aromatic N) is 1. The lowest BCUT2D eigenvalue weighted by Crippen LogP contribution is -2.24. The fourth-order valence-electron chi connectivity index (χ4n) is 1.90. The molecular formula is C15H14BrNO3. The summed E-state index contributed by atoms with van der Waals surface area (Å²) in [6, 6.07) is 8.63. The number of pyridine rings is 1. The first-order valence-corrected chi connectivity index (χ1v) is 6.84. The SMILES string of the molecule is COc1cccc(C(=O)Cn2cc(C)cc(Br)c2=O)c1. The van der Waals surface area contributed by atoms with Gasteiger partial charge < -0.3 is 9.30 Å². The lowest BCUT2D eigenvalue weighted by molar-refractivity contribution is 0.0970. The third-order valence-corrected chi connectivity index (χ3v) is 3.45. The molecule has 20 heavy (non-hydrogen) atoms. The minimum Gasteiger partial charge on any atom is -0.497 e. The van der Waals surface area contributed by atoms with Crippen molar-refractivity contribution >= 4 is 21.7 Å². The number of aryl methyl sites for hydroxylation is 1. The Labute approximate surface area is 125 Å². The Morgan fingerprint density at radius 3 is 2.80 bits per heavy atom. The molecule has 2 aromatic rings. The molecule has 0 saturated heterocycles. The van der Waals surface area contributed by atoms with Crippen LogP contribution in [0.15, 0.2) is 45.8 Å². The van der Waals surface area contributed by atoms with E-state index in [2.05, 4.69) is 15.9 Å². The highest BCUT2D eigenvalue weighted by Crippen LogP contribution is 2.14. The molecule has 0 spiro atoms. The van der Waals surface area contributed by atoms with E-state index in [4.69, 9.17) is 4.74 Å². The molecular weight excluding hydrogens is 322 g/mol. The molecule has 0 aliphatic heterocycles. The minimum atomic E-state index is -0.216. The fourth-order valence-corrected chi connectivity index (χ4v) is 2.49. The van der Waals surface area contributed by atoms with Gasteiger partial charge in [0.15, 0.2) is 5.78 Å². The van der Waals surface area contributed by atoms with Crippen LogP contribution in [0.25, 0.3) is 0 Å². The predicted octanol–water partition coefficient (Wildman–Crippen LogP) is 2.81. The van der Waals surface area contributed by atoms with Crippen LogP contribution in [0.2, 0.25) is 0 Å². The largest absolute Gasteiger partial charge is 0.497 e. The average Bonchev–Trinajstić information content (AvgIpc) is 2.44. The number of halogens is 1. The molecule has 1 heterocycles. The van der Waals surface area contributed by atoms with Gasteiger partial charge in [0, 0.05) is 11.8 Å². The zero-order valence-electron chi connectivity index (χ0n) is 11.2. The van der Waals surface area contributed by atoms with E-state index in [1.807, 2.05) is 6.92 Å². The number of aromatic nitrogens is 1. The third-order valence-electron chi connectivity index (χ3n) is 2.88. The molecule has 0 bridgehead atoms. The predicted molar refractivity (Wildman–Crippen MR) is 80.5 cm³/mol. The summed E-state index contributed by atoms with van der Waals surface area (Å²) in [5.41, 5.74) is 1.22. The first kappa shape index (κ1) is 14.5. The number of methoxy groups -OCH3 is 1. The van der Waals surface area contributed by atoms with Crippen molar-refractivity contribution in [2.75, 3.05) is 7.11 Å². The van der Waals surface area contributed by atoms with Gasteiger partial charge in [0.25, 0.3) is 5.56 Å². The van der Waals surface area contributed by atoms with E-state index in [0.717, 1.165) is 5.56 Å². The van der Waals surface area contributed by atoms with Crippen molar-refractivity contribution in [1.82, 2.24) is 4.57 Å². The Morgan fingerprint density at radius 1 is 1.35 bits per heavy atom. The van der Waals surface area contributed by atoms with Gasteiger partial charge in [-0.1, -0.05) is 12.1 Å². The van der Waals surface area contributed by atoms with Gasteiger partial charge in [-0.05, 0) is 46.6 Å².